The van der Waals surface area contributed by atoms with Crippen LogP contribution in [0.1, 0.15) is 19.8 Å². The summed E-state index contributed by atoms with van der Waals surface area (Å²) in [5, 5.41) is 17.8. The molecule has 1 aliphatic heterocycles. The summed E-state index contributed by atoms with van der Waals surface area (Å²) in [7, 11) is 0. The molecule has 1 fully saturated rings. The zero-order valence-electron chi connectivity index (χ0n) is 6.86. The van der Waals surface area contributed by atoms with Gasteiger partial charge in [0.1, 0.15) is 0 Å². The Hall–Kier alpha value is -0.120. The smallest absolute Gasteiger partial charge is 0.154 e. The number of aliphatic hydroxyl groups excluding tert-OH is 1. The van der Waals surface area contributed by atoms with Gasteiger partial charge in [0.15, 0.2) is 6.29 Å². The lowest BCUT2D eigenvalue weighted by atomic mass is 9.87. The van der Waals surface area contributed by atoms with Crippen LogP contribution in [0.15, 0.2) is 0 Å². The molecule has 11 heavy (non-hydrogen) atoms. The van der Waals surface area contributed by atoms with Crippen LogP contribution in [0.25, 0.3) is 0 Å². The van der Waals surface area contributed by atoms with E-state index in [4.69, 9.17) is 14.9 Å². The van der Waals surface area contributed by atoms with Crippen LogP contribution < -0.4 is 0 Å². The maximum Gasteiger partial charge on any atom is 0.154 e. The molecule has 0 aliphatic carbocycles. The van der Waals surface area contributed by atoms with E-state index in [0.717, 1.165) is 26.1 Å². The van der Waals surface area contributed by atoms with E-state index in [9.17, 15) is 0 Å². The zero-order chi connectivity index (χ0) is 8.27. The Labute approximate surface area is 67.0 Å². The van der Waals surface area contributed by atoms with Gasteiger partial charge in [0.05, 0.1) is 0 Å². The molecule has 0 bridgehead atoms. The van der Waals surface area contributed by atoms with E-state index in [2.05, 4.69) is 0 Å². The molecule has 0 aromatic heterocycles. The molecule has 1 saturated heterocycles. The lowest BCUT2D eigenvalue weighted by molar-refractivity contribution is -0.106. The van der Waals surface area contributed by atoms with E-state index in [1.807, 2.05) is 6.92 Å². The first kappa shape index (κ1) is 8.97. The van der Waals surface area contributed by atoms with Gasteiger partial charge in [0.2, 0.25) is 0 Å². The van der Waals surface area contributed by atoms with Crippen LogP contribution in [0.4, 0.5) is 0 Å². The van der Waals surface area contributed by atoms with Crippen LogP contribution in [0.3, 0.4) is 0 Å². The summed E-state index contributed by atoms with van der Waals surface area (Å²) in [5.41, 5.74) is 0. The first-order valence-corrected chi connectivity index (χ1v) is 4.15. The Bertz CT molecular complexity index is 108. The van der Waals surface area contributed by atoms with Gasteiger partial charge in [-0.15, -0.1) is 0 Å². The molecule has 3 nitrogen and oxygen atoms in total. The minimum atomic E-state index is -1.17. The van der Waals surface area contributed by atoms with Crippen LogP contribution in [0, 0.1) is 11.8 Å². The molecule has 0 aromatic rings. The normalized spacial score (nSPS) is 24.0. The molecular weight excluding hydrogens is 144 g/mol. The van der Waals surface area contributed by atoms with Crippen LogP contribution in [-0.4, -0.2) is 29.7 Å². The molecule has 2 N–H and O–H groups in total. The molecule has 0 saturated carbocycles. The van der Waals surface area contributed by atoms with Crippen molar-refractivity contribution in [1.82, 2.24) is 0 Å². The second-order valence-corrected chi connectivity index (χ2v) is 3.22. The quantitative estimate of drug-likeness (QED) is 0.573. The van der Waals surface area contributed by atoms with Crippen LogP contribution in [0.5, 0.6) is 0 Å². The fourth-order valence-electron chi connectivity index (χ4n) is 1.49. The van der Waals surface area contributed by atoms with E-state index < -0.39 is 6.29 Å². The van der Waals surface area contributed by atoms with Crippen molar-refractivity contribution in [2.75, 3.05) is 13.2 Å². The third-order valence-electron chi connectivity index (χ3n) is 2.48. The lowest BCUT2D eigenvalue weighted by Gasteiger charge is -2.28. The molecule has 66 valence electrons. The third kappa shape index (κ3) is 2.43. The molecule has 1 atom stereocenters. The molecule has 0 radical (unpaired) electrons. The van der Waals surface area contributed by atoms with Crippen LogP contribution in [0.2, 0.25) is 0 Å². The predicted octanol–water partition coefficient (Wildman–Crippen LogP) is 0.360. The Balaban J connectivity index is 2.32. The highest BCUT2D eigenvalue weighted by Crippen LogP contribution is 2.24. The molecular formula is C8H16O3. The molecule has 3 heteroatoms. The van der Waals surface area contributed by atoms with Crippen molar-refractivity contribution in [1.29, 1.82) is 0 Å². The predicted molar refractivity (Wildman–Crippen MR) is 40.9 cm³/mol. The maximum absolute atomic E-state index is 8.89. The molecule has 0 amide bonds. The Morgan fingerprint density at radius 2 is 1.82 bits per heavy atom. The van der Waals surface area contributed by atoms with Crippen LogP contribution in [-0.2, 0) is 4.74 Å². The van der Waals surface area contributed by atoms with E-state index in [1.54, 1.807) is 0 Å². The van der Waals surface area contributed by atoms with Crippen molar-refractivity contribution in [3.63, 3.8) is 0 Å². The number of rotatable bonds is 2. The number of ether oxygens (including phenoxy) is 1. The van der Waals surface area contributed by atoms with E-state index in [-0.39, 0.29) is 5.92 Å². The molecule has 1 heterocycles. The topological polar surface area (TPSA) is 49.7 Å². The number of hydrogen-bond donors (Lipinski definition) is 2. The van der Waals surface area contributed by atoms with E-state index in [0.29, 0.717) is 5.92 Å². The van der Waals surface area contributed by atoms with E-state index >= 15 is 0 Å². The summed E-state index contributed by atoms with van der Waals surface area (Å²) in [4.78, 5) is 0. The van der Waals surface area contributed by atoms with E-state index in [1.165, 1.54) is 0 Å². The first-order chi connectivity index (χ1) is 5.22. The second kappa shape index (κ2) is 4.04. The first-order valence-electron chi connectivity index (χ1n) is 4.15. The Morgan fingerprint density at radius 1 is 1.27 bits per heavy atom. The van der Waals surface area contributed by atoms with Crippen molar-refractivity contribution in [2.24, 2.45) is 11.8 Å². The molecule has 1 aliphatic rings. The monoisotopic (exact) mass is 160 g/mol. The molecule has 0 aromatic carbocycles. The summed E-state index contributed by atoms with van der Waals surface area (Å²) in [5.74, 6) is 0.405. The van der Waals surface area contributed by atoms with Gasteiger partial charge >= 0.3 is 0 Å². The molecule has 0 spiro atoms. The minimum Gasteiger partial charge on any atom is -0.381 e. The van der Waals surface area contributed by atoms with Crippen molar-refractivity contribution in [3.05, 3.63) is 0 Å². The van der Waals surface area contributed by atoms with Gasteiger partial charge in [-0.2, -0.15) is 0 Å². The average molecular weight is 160 g/mol. The summed E-state index contributed by atoms with van der Waals surface area (Å²) in [6.07, 6.45) is 0.746. The standard InChI is InChI=1S/C8H16O3/c1-6(8(9)10)7-2-4-11-5-3-7/h6-10H,2-5H2,1H3. The van der Waals surface area contributed by atoms with Crippen molar-refractivity contribution >= 4 is 0 Å². The Kier molecular flexibility index (Phi) is 3.30. The summed E-state index contributed by atoms with van der Waals surface area (Å²) < 4.78 is 5.17. The molecule has 1 unspecified atom stereocenters. The van der Waals surface area contributed by atoms with Gasteiger partial charge in [-0.1, -0.05) is 6.92 Å². The highest BCUT2D eigenvalue weighted by Gasteiger charge is 2.24. The van der Waals surface area contributed by atoms with Crippen molar-refractivity contribution in [3.8, 4) is 0 Å². The van der Waals surface area contributed by atoms with Gasteiger partial charge in [-0.25, -0.2) is 0 Å². The number of aliphatic hydroxyl groups is 2. The summed E-state index contributed by atoms with van der Waals surface area (Å²) in [6, 6.07) is 0. The van der Waals surface area contributed by atoms with Gasteiger partial charge in [0, 0.05) is 19.1 Å². The van der Waals surface area contributed by atoms with Gasteiger partial charge in [-0.05, 0) is 18.8 Å². The summed E-state index contributed by atoms with van der Waals surface area (Å²) >= 11 is 0. The largest absolute Gasteiger partial charge is 0.381 e. The zero-order valence-corrected chi connectivity index (χ0v) is 6.86. The van der Waals surface area contributed by atoms with Crippen LogP contribution >= 0.6 is 0 Å². The number of hydrogen-bond acceptors (Lipinski definition) is 3. The van der Waals surface area contributed by atoms with Gasteiger partial charge in [-0.3, -0.25) is 0 Å². The highest BCUT2D eigenvalue weighted by molar-refractivity contribution is 4.70. The minimum absolute atomic E-state index is 0.0149. The SMILES string of the molecule is CC(C(O)O)C1CCOCC1. The lowest BCUT2D eigenvalue weighted by Crippen LogP contribution is -2.29. The van der Waals surface area contributed by atoms with Crippen molar-refractivity contribution < 1.29 is 14.9 Å². The summed E-state index contributed by atoms with van der Waals surface area (Å²) in [6.45, 7) is 3.41. The third-order valence-corrected chi connectivity index (χ3v) is 2.48. The second-order valence-electron chi connectivity index (χ2n) is 3.22. The molecule has 1 rings (SSSR count). The fourth-order valence-corrected chi connectivity index (χ4v) is 1.49. The van der Waals surface area contributed by atoms with Gasteiger partial charge in [0.25, 0.3) is 0 Å². The Morgan fingerprint density at radius 3 is 2.27 bits per heavy atom. The van der Waals surface area contributed by atoms with Gasteiger partial charge < -0.3 is 14.9 Å². The van der Waals surface area contributed by atoms with Crippen molar-refractivity contribution in [2.45, 2.75) is 26.1 Å². The average Bonchev–Trinajstić information content (AvgIpc) is 2.05. The maximum atomic E-state index is 8.89. The highest BCUT2D eigenvalue weighted by atomic mass is 16.5. The fraction of sp³-hybridized carbons (Fsp3) is 1.00.